The summed E-state index contributed by atoms with van der Waals surface area (Å²) in [7, 11) is 0. The van der Waals surface area contributed by atoms with Crippen LogP contribution in [0.3, 0.4) is 0 Å². The van der Waals surface area contributed by atoms with Gasteiger partial charge in [-0.25, -0.2) is 0 Å². The van der Waals surface area contributed by atoms with Crippen molar-refractivity contribution in [3.8, 4) is 0 Å². The third-order valence-corrected chi connectivity index (χ3v) is 4.00. The summed E-state index contributed by atoms with van der Waals surface area (Å²) < 4.78 is 0. The highest BCUT2D eigenvalue weighted by Gasteiger charge is 2.22. The van der Waals surface area contributed by atoms with Gasteiger partial charge in [0.05, 0.1) is 0 Å². The lowest BCUT2D eigenvalue weighted by molar-refractivity contribution is -0.138. The van der Waals surface area contributed by atoms with Crippen molar-refractivity contribution in [2.24, 2.45) is 5.92 Å². The van der Waals surface area contributed by atoms with Crippen LogP contribution in [0.15, 0.2) is 0 Å². The Morgan fingerprint density at radius 1 is 1.06 bits per heavy atom. The largest absolute Gasteiger partial charge is 0.481 e. The van der Waals surface area contributed by atoms with E-state index in [4.69, 9.17) is 5.11 Å². The molecule has 98 valence electrons. The maximum Gasteiger partial charge on any atom is 0.303 e. The Bertz CT molecular complexity index is 252. The molecule has 0 aromatic rings. The molecule has 2 aliphatic heterocycles. The van der Waals surface area contributed by atoms with E-state index in [9.17, 15) is 4.79 Å². The van der Waals surface area contributed by atoms with Crippen LogP contribution in [-0.4, -0.2) is 60.1 Å². The van der Waals surface area contributed by atoms with E-state index in [1.54, 1.807) is 0 Å². The summed E-state index contributed by atoms with van der Waals surface area (Å²) in [5.74, 6) is -0.267. The molecule has 2 aliphatic rings. The third kappa shape index (κ3) is 4.28. The number of hydrogen-bond donors (Lipinski definition) is 1. The van der Waals surface area contributed by atoms with Crippen molar-refractivity contribution in [2.75, 3.05) is 39.3 Å². The Hall–Kier alpha value is -0.610. The van der Waals surface area contributed by atoms with Gasteiger partial charge in [0.25, 0.3) is 0 Å². The lowest BCUT2D eigenvalue weighted by Crippen LogP contribution is -2.40. The van der Waals surface area contributed by atoms with Gasteiger partial charge in [-0.15, -0.1) is 0 Å². The molecule has 0 aromatic heterocycles. The number of carbonyl (C=O) groups is 1. The van der Waals surface area contributed by atoms with Crippen molar-refractivity contribution < 1.29 is 9.90 Å². The average Bonchev–Trinajstić information content (AvgIpc) is 2.79. The maximum absolute atomic E-state index is 10.7. The predicted octanol–water partition coefficient (Wildman–Crippen LogP) is 1.27. The molecule has 2 saturated heterocycles. The molecule has 17 heavy (non-hydrogen) atoms. The van der Waals surface area contributed by atoms with Crippen LogP contribution in [0, 0.1) is 5.92 Å². The number of likely N-dealkylation sites (tertiary alicyclic amines) is 2. The molecule has 4 nitrogen and oxygen atoms in total. The first-order valence-corrected chi connectivity index (χ1v) is 6.90. The number of carboxylic acid groups (broad SMARTS) is 1. The topological polar surface area (TPSA) is 43.8 Å². The molecule has 2 fully saturated rings. The van der Waals surface area contributed by atoms with Gasteiger partial charge in [0.15, 0.2) is 0 Å². The Labute approximate surface area is 104 Å². The molecular formula is C13H24N2O2. The Morgan fingerprint density at radius 2 is 1.71 bits per heavy atom. The number of hydrogen-bond acceptors (Lipinski definition) is 3. The summed E-state index contributed by atoms with van der Waals surface area (Å²) in [4.78, 5) is 15.7. The summed E-state index contributed by atoms with van der Waals surface area (Å²) in [6.07, 6.45) is 5.30. The lowest BCUT2D eigenvalue weighted by Gasteiger charge is -2.33. The van der Waals surface area contributed by atoms with E-state index in [1.807, 2.05) is 0 Å². The summed E-state index contributed by atoms with van der Waals surface area (Å²) in [6, 6.07) is 0. The minimum Gasteiger partial charge on any atom is -0.481 e. The molecule has 2 rings (SSSR count). The Kier molecular flexibility index (Phi) is 4.80. The highest BCUT2D eigenvalue weighted by molar-refractivity contribution is 5.67. The second-order valence-corrected chi connectivity index (χ2v) is 5.46. The van der Waals surface area contributed by atoms with Gasteiger partial charge < -0.3 is 14.9 Å². The monoisotopic (exact) mass is 240 g/mol. The zero-order valence-corrected chi connectivity index (χ0v) is 10.6. The molecule has 1 atom stereocenters. The molecule has 0 spiro atoms. The number of aliphatic carboxylic acids is 1. The number of piperidine rings is 1. The van der Waals surface area contributed by atoms with Crippen LogP contribution in [0.1, 0.15) is 32.1 Å². The van der Waals surface area contributed by atoms with E-state index >= 15 is 0 Å². The van der Waals surface area contributed by atoms with E-state index in [-0.39, 0.29) is 0 Å². The van der Waals surface area contributed by atoms with Crippen molar-refractivity contribution in [3.63, 3.8) is 0 Å². The first-order valence-electron chi connectivity index (χ1n) is 6.90. The van der Waals surface area contributed by atoms with E-state index in [0.717, 1.165) is 32.5 Å². The van der Waals surface area contributed by atoms with Crippen molar-refractivity contribution in [1.82, 2.24) is 9.80 Å². The van der Waals surface area contributed by atoms with Crippen molar-refractivity contribution in [3.05, 3.63) is 0 Å². The van der Waals surface area contributed by atoms with Gasteiger partial charge in [-0.3, -0.25) is 4.79 Å². The SMILES string of the molecule is O=C(O)CC1CCCN(CCN2CCCC2)C1. The van der Waals surface area contributed by atoms with Gasteiger partial charge in [-0.1, -0.05) is 0 Å². The smallest absolute Gasteiger partial charge is 0.303 e. The van der Waals surface area contributed by atoms with Crippen LogP contribution < -0.4 is 0 Å². The fraction of sp³-hybridized carbons (Fsp3) is 0.923. The molecular weight excluding hydrogens is 216 g/mol. The van der Waals surface area contributed by atoms with E-state index in [1.165, 1.54) is 32.5 Å². The predicted molar refractivity (Wildman–Crippen MR) is 67.1 cm³/mol. The quantitative estimate of drug-likeness (QED) is 0.786. The normalized spacial score (nSPS) is 27.4. The molecule has 0 amide bonds. The zero-order chi connectivity index (χ0) is 12.1. The van der Waals surface area contributed by atoms with Gasteiger partial charge in [-0.2, -0.15) is 0 Å². The Balaban J connectivity index is 1.67. The van der Waals surface area contributed by atoms with Gasteiger partial charge in [0.2, 0.25) is 0 Å². The van der Waals surface area contributed by atoms with Crippen LogP contribution in [0.4, 0.5) is 0 Å². The van der Waals surface area contributed by atoms with Crippen molar-refractivity contribution in [2.45, 2.75) is 32.1 Å². The fourth-order valence-corrected chi connectivity index (χ4v) is 3.06. The highest BCUT2D eigenvalue weighted by Crippen LogP contribution is 2.19. The van der Waals surface area contributed by atoms with Crippen LogP contribution in [0.2, 0.25) is 0 Å². The first kappa shape index (κ1) is 12.8. The van der Waals surface area contributed by atoms with Crippen LogP contribution in [-0.2, 0) is 4.79 Å². The highest BCUT2D eigenvalue weighted by atomic mass is 16.4. The van der Waals surface area contributed by atoms with E-state index < -0.39 is 5.97 Å². The molecule has 0 aliphatic carbocycles. The molecule has 0 radical (unpaired) electrons. The van der Waals surface area contributed by atoms with E-state index in [0.29, 0.717) is 12.3 Å². The van der Waals surface area contributed by atoms with Crippen LogP contribution in [0.5, 0.6) is 0 Å². The molecule has 2 heterocycles. The zero-order valence-electron chi connectivity index (χ0n) is 10.6. The molecule has 1 unspecified atom stereocenters. The van der Waals surface area contributed by atoms with Gasteiger partial charge in [-0.05, 0) is 51.2 Å². The maximum atomic E-state index is 10.7. The average molecular weight is 240 g/mol. The molecule has 1 N–H and O–H groups in total. The summed E-state index contributed by atoms with van der Waals surface area (Å²) in [5, 5.41) is 8.83. The molecule has 0 saturated carbocycles. The molecule has 4 heteroatoms. The number of nitrogens with zero attached hydrogens (tertiary/aromatic N) is 2. The minimum absolute atomic E-state index is 0.347. The van der Waals surface area contributed by atoms with Gasteiger partial charge in [0.1, 0.15) is 0 Å². The van der Waals surface area contributed by atoms with Crippen molar-refractivity contribution in [1.29, 1.82) is 0 Å². The van der Waals surface area contributed by atoms with Crippen LogP contribution in [0.25, 0.3) is 0 Å². The minimum atomic E-state index is -0.642. The van der Waals surface area contributed by atoms with E-state index in [2.05, 4.69) is 9.80 Å². The lowest BCUT2D eigenvalue weighted by atomic mass is 9.95. The standard InChI is InChI=1S/C13H24N2O2/c16-13(17)10-12-4-3-7-15(11-12)9-8-14-5-1-2-6-14/h12H,1-11H2,(H,16,17). The van der Waals surface area contributed by atoms with Gasteiger partial charge in [0, 0.05) is 26.1 Å². The second-order valence-electron chi connectivity index (χ2n) is 5.46. The Morgan fingerprint density at radius 3 is 2.41 bits per heavy atom. The van der Waals surface area contributed by atoms with Gasteiger partial charge >= 0.3 is 5.97 Å². The third-order valence-electron chi connectivity index (χ3n) is 4.00. The summed E-state index contributed by atoms with van der Waals surface area (Å²) in [5.41, 5.74) is 0. The summed E-state index contributed by atoms with van der Waals surface area (Å²) in [6.45, 7) is 6.94. The fourth-order valence-electron chi connectivity index (χ4n) is 3.06. The number of carboxylic acids is 1. The number of rotatable bonds is 5. The second kappa shape index (κ2) is 6.36. The molecule has 0 bridgehead atoms. The first-order chi connectivity index (χ1) is 8.24. The summed E-state index contributed by atoms with van der Waals surface area (Å²) >= 11 is 0. The van der Waals surface area contributed by atoms with Crippen molar-refractivity contribution >= 4 is 5.97 Å². The van der Waals surface area contributed by atoms with Crippen LogP contribution >= 0.6 is 0 Å². The molecule has 0 aromatic carbocycles.